The first-order valence-corrected chi connectivity index (χ1v) is 9.27. The molecule has 27 heavy (non-hydrogen) atoms. The predicted molar refractivity (Wildman–Crippen MR) is 108 cm³/mol. The predicted octanol–water partition coefficient (Wildman–Crippen LogP) is 4.09. The number of aryl methyl sites for hydroxylation is 2. The maximum atomic E-state index is 12.0. The maximum Gasteiger partial charge on any atom is 0.319 e. The van der Waals surface area contributed by atoms with Crippen molar-refractivity contribution in [1.82, 2.24) is 19.9 Å². The lowest BCUT2D eigenvalue weighted by Crippen LogP contribution is -2.29. The summed E-state index contributed by atoms with van der Waals surface area (Å²) in [6.07, 6.45) is 5.53. The van der Waals surface area contributed by atoms with Gasteiger partial charge in [-0.1, -0.05) is 32.9 Å². The minimum absolute atomic E-state index is 0.105. The van der Waals surface area contributed by atoms with Crippen LogP contribution in [-0.2, 0) is 11.8 Å². The Morgan fingerprint density at radius 2 is 1.93 bits per heavy atom. The number of fused-ring (bicyclic) bond motifs is 1. The molecule has 1 aromatic carbocycles. The number of urea groups is 1. The molecule has 2 heterocycles. The number of aromatic nitrogens is 3. The van der Waals surface area contributed by atoms with E-state index in [4.69, 9.17) is 0 Å². The molecule has 2 aromatic heterocycles. The van der Waals surface area contributed by atoms with Crippen LogP contribution in [0, 0.1) is 6.92 Å². The quantitative estimate of drug-likeness (QED) is 0.669. The van der Waals surface area contributed by atoms with Crippen LogP contribution in [0.1, 0.15) is 44.0 Å². The highest BCUT2D eigenvalue weighted by Crippen LogP contribution is 2.23. The molecular formula is C21H27N5O. The second-order valence-corrected chi connectivity index (χ2v) is 7.86. The number of hydrogen-bond donors (Lipinski definition) is 2. The van der Waals surface area contributed by atoms with Gasteiger partial charge in [-0.3, -0.25) is 0 Å². The van der Waals surface area contributed by atoms with Gasteiger partial charge in [0, 0.05) is 30.7 Å². The van der Waals surface area contributed by atoms with Gasteiger partial charge in [-0.25, -0.2) is 14.3 Å². The van der Waals surface area contributed by atoms with Gasteiger partial charge in [-0.05, 0) is 48.4 Å². The Labute approximate surface area is 160 Å². The lowest BCUT2D eigenvalue weighted by atomic mass is 9.87. The molecule has 2 N–H and O–H groups in total. The van der Waals surface area contributed by atoms with E-state index in [1.807, 2.05) is 37.5 Å². The summed E-state index contributed by atoms with van der Waals surface area (Å²) in [5, 5.41) is 10.1. The van der Waals surface area contributed by atoms with E-state index in [0.29, 0.717) is 6.54 Å². The van der Waals surface area contributed by atoms with E-state index in [0.717, 1.165) is 35.4 Å². The highest BCUT2D eigenvalue weighted by Gasteiger charge is 2.13. The zero-order valence-electron chi connectivity index (χ0n) is 16.4. The number of nitrogens with one attached hydrogen (secondary N) is 2. The average molecular weight is 365 g/mol. The van der Waals surface area contributed by atoms with Gasteiger partial charge in [0.15, 0.2) is 5.65 Å². The fraction of sp³-hybridized carbons (Fsp3) is 0.381. The highest BCUT2D eigenvalue weighted by atomic mass is 16.2. The Hall–Kier alpha value is -2.89. The van der Waals surface area contributed by atoms with Crippen molar-refractivity contribution in [2.24, 2.45) is 0 Å². The first-order chi connectivity index (χ1) is 12.8. The molecule has 3 aromatic rings. The summed E-state index contributed by atoms with van der Waals surface area (Å²) in [4.78, 5) is 16.4. The summed E-state index contributed by atoms with van der Waals surface area (Å²) in [5.74, 6) is 0. The van der Waals surface area contributed by atoms with E-state index < -0.39 is 0 Å². The standard InChI is InChI=1S/C21H27N5O/c1-15-12-19-23-13-16(14-26(19)25-15)6-5-11-22-20(27)24-18-9-7-17(8-10-18)21(2,3)4/h7-10,12-14H,5-6,11H2,1-4H3,(H2,22,24,27). The van der Waals surface area contributed by atoms with E-state index in [1.54, 1.807) is 4.52 Å². The van der Waals surface area contributed by atoms with Crippen LogP contribution in [0.3, 0.4) is 0 Å². The summed E-state index contributed by atoms with van der Waals surface area (Å²) < 4.78 is 1.80. The number of carbonyl (C=O) groups is 1. The Morgan fingerprint density at radius 3 is 2.63 bits per heavy atom. The van der Waals surface area contributed by atoms with Crippen LogP contribution in [0.5, 0.6) is 0 Å². The van der Waals surface area contributed by atoms with Crippen LogP contribution in [-0.4, -0.2) is 27.2 Å². The number of hydrogen-bond acceptors (Lipinski definition) is 3. The minimum Gasteiger partial charge on any atom is -0.338 e. The normalized spacial score (nSPS) is 11.6. The second kappa shape index (κ2) is 7.78. The number of anilines is 1. The fourth-order valence-electron chi connectivity index (χ4n) is 2.89. The molecule has 6 nitrogen and oxygen atoms in total. The van der Waals surface area contributed by atoms with Crippen molar-refractivity contribution >= 4 is 17.4 Å². The lowest BCUT2D eigenvalue weighted by Gasteiger charge is -2.19. The average Bonchev–Trinajstić information content (AvgIpc) is 2.97. The molecular weight excluding hydrogens is 338 g/mol. The molecule has 0 fully saturated rings. The number of rotatable bonds is 5. The number of carbonyl (C=O) groups excluding carboxylic acids is 1. The molecule has 142 valence electrons. The largest absolute Gasteiger partial charge is 0.338 e. The van der Waals surface area contributed by atoms with Crippen LogP contribution in [0.4, 0.5) is 10.5 Å². The molecule has 0 aliphatic heterocycles. The van der Waals surface area contributed by atoms with Crippen LogP contribution in [0.2, 0.25) is 0 Å². The van der Waals surface area contributed by atoms with Crippen LogP contribution in [0.15, 0.2) is 42.7 Å². The van der Waals surface area contributed by atoms with Gasteiger partial charge in [-0.2, -0.15) is 5.10 Å². The molecule has 0 atom stereocenters. The first-order valence-electron chi connectivity index (χ1n) is 9.27. The topological polar surface area (TPSA) is 71.3 Å². The Bertz CT molecular complexity index is 922. The van der Waals surface area contributed by atoms with Crippen molar-refractivity contribution < 1.29 is 4.79 Å². The van der Waals surface area contributed by atoms with Crippen molar-refractivity contribution in [3.05, 3.63) is 59.5 Å². The van der Waals surface area contributed by atoms with Crippen molar-refractivity contribution in [2.45, 2.75) is 46.0 Å². The van der Waals surface area contributed by atoms with Gasteiger partial charge >= 0.3 is 6.03 Å². The minimum atomic E-state index is -0.185. The van der Waals surface area contributed by atoms with Crippen molar-refractivity contribution in [3.63, 3.8) is 0 Å². The highest BCUT2D eigenvalue weighted by molar-refractivity contribution is 5.89. The summed E-state index contributed by atoms with van der Waals surface area (Å²) in [6.45, 7) is 9.06. The lowest BCUT2D eigenvalue weighted by molar-refractivity contribution is 0.252. The van der Waals surface area contributed by atoms with Crippen LogP contribution in [0.25, 0.3) is 5.65 Å². The molecule has 0 aliphatic rings. The molecule has 0 bridgehead atoms. The Morgan fingerprint density at radius 1 is 1.19 bits per heavy atom. The van der Waals surface area contributed by atoms with E-state index >= 15 is 0 Å². The summed E-state index contributed by atoms with van der Waals surface area (Å²) in [6, 6.07) is 9.74. The molecule has 0 unspecified atom stereocenters. The first kappa shape index (κ1) is 18.9. The van der Waals surface area contributed by atoms with Gasteiger partial charge < -0.3 is 10.6 Å². The van der Waals surface area contributed by atoms with E-state index in [1.165, 1.54) is 5.56 Å². The van der Waals surface area contributed by atoms with Gasteiger partial charge in [0.1, 0.15) is 0 Å². The van der Waals surface area contributed by atoms with Crippen LogP contribution >= 0.6 is 0 Å². The molecule has 0 saturated carbocycles. The number of amides is 2. The second-order valence-electron chi connectivity index (χ2n) is 7.86. The van der Waals surface area contributed by atoms with Crippen LogP contribution < -0.4 is 10.6 Å². The summed E-state index contributed by atoms with van der Waals surface area (Å²) in [5.41, 5.74) is 5.05. The monoisotopic (exact) mass is 365 g/mol. The van der Waals surface area contributed by atoms with E-state index in [2.05, 4.69) is 53.6 Å². The molecule has 6 heteroatoms. The molecule has 3 rings (SSSR count). The Kier molecular flexibility index (Phi) is 5.44. The molecule has 0 aliphatic carbocycles. The number of nitrogens with zero attached hydrogens (tertiary/aromatic N) is 3. The molecule has 0 spiro atoms. The van der Waals surface area contributed by atoms with Crippen molar-refractivity contribution in [3.8, 4) is 0 Å². The zero-order chi connectivity index (χ0) is 19.4. The Balaban J connectivity index is 1.43. The summed E-state index contributed by atoms with van der Waals surface area (Å²) in [7, 11) is 0. The van der Waals surface area contributed by atoms with Crippen molar-refractivity contribution in [1.29, 1.82) is 0 Å². The van der Waals surface area contributed by atoms with Crippen molar-refractivity contribution in [2.75, 3.05) is 11.9 Å². The third kappa shape index (κ3) is 5.06. The maximum absolute atomic E-state index is 12.0. The SMILES string of the molecule is Cc1cc2ncc(CCCNC(=O)Nc3ccc(C(C)(C)C)cc3)cn2n1. The summed E-state index contributed by atoms with van der Waals surface area (Å²) >= 11 is 0. The molecule has 2 amide bonds. The van der Waals surface area contributed by atoms with E-state index in [-0.39, 0.29) is 11.4 Å². The van der Waals surface area contributed by atoms with E-state index in [9.17, 15) is 4.79 Å². The molecule has 0 saturated heterocycles. The van der Waals surface area contributed by atoms with Gasteiger partial charge in [0.25, 0.3) is 0 Å². The van der Waals surface area contributed by atoms with Gasteiger partial charge in [-0.15, -0.1) is 0 Å². The third-order valence-corrected chi connectivity index (χ3v) is 4.43. The smallest absolute Gasteiger partial charge is 0.319 e. The van der Waals surface area contributed by atoms with Gasteiger partial charge in [0.05, 0.1) is 5.69 Å². The van der Waals surface area contributed by atoms with Gasteiger partial charge in [0.2, 0.25) is 0 Å². The number of benzene rings is 1. The molecule has 0 radical (unpaired) electrons. The zero-order valence-corrected chi connectivity index (χ0v) is 16.4. The third-order valence-electron chi connectivity index (χ3n) is 4.43. The fourth-order valence-corrected chi connectivity index (χ4v) is 2.89.